The molecule has 1 aliphatic heterocycles. The molecule has 0 saturated heterocycles. The topological polar surface area (TPSA) is 64.1 Å². The Bertz CT molecular complexity index is 576. The van der Waals surface area contributed by atoms with Crippen molar-refractivity contribution in [2.45, 2.75) is 25.2 Å². The lowest BCUT2D eigenvalue weighted by Crippen LogP contribution is -2.39. The van der Waals surface area contributed by atoms with Gasteiger partial charge in [0, 0.05) is 25.6 Å². The number of nitrogens with zero attached hydrogens (tertiary/aromatic N) is 1. The second kappa shape index (κ2) is 8.75. The summed E-state index contributed by atoms with van der Waals surface area (Å²) in [5, 5.41) is 6.56. The Labute approximate surface area is 160 Å². The molecule has 0 radical (unpaired) electrons. The molecule has 1 aliphatic carbocycles. The number of halogens is 1. The van der Waals surface area contributed by atoms with Crippen molar-refractivity contribution in [1.82, 2.24) is 10.6 Å². The number of nitrogens with one attached hydrogen (secondary N) is 2. The van der Waals surface area contributed by atoms with Crippen molar-refractivity contribution in [2.24, 2.45) is 4.99 Å². The van der Waals surface area contributed by atoms with Crippen LogP contribution in [0.2, 0.25) is 0 Å². The van der Waals surface area contributed by atoms with Gasteiger partial charge in [0.15, 0.2) is 17.5 Å². The van der Waals surface area contributed by atoms with Crippen molar-refractivity contribution in [2.75, 3.05) is 40.1 Å². The third-order valence-electron chi connectivity index (χ3n) is 4.32. The molecule has 0 atom stereocenters. The van der Waals surface area contributed by atoms with Crippen molar-refractivity contribution in [3.8, 4) is 11.5 Å². The van der Waals surface area contributed by atoms with Gasteiger partial charge in [-0.3, -0.25) is 4.99 Å². The van der Waals surface area contributed by atoms with Crippen molar-refractivity contribution in [1.29, 1.82) is 0 Å². The number of benzene rings is 1. The number of guanidine groups is 1. The smallest absolute Gasteiger partial charge is 0.231 e. The van der Waals surface area contributed by atoms with Gasteiger partial charge in [0.2, 0.25) is 6.79 Å². The summed E-state index contributed by atoms with van der Waals surface area (Å²) in [6.07, 6.45) is 2.32. The zero-order chi connectivity index (χ0) is 16.1. The average molecular weight is 447 g/mol. The van der Waals surface area contributed by atoms with Gasteiger partial charge in [0.1, 0.15) is 0 Å². The molecule has 1 aromatic carbocycles. The predicted octanol–water partition coefficient (Wildman–Crippen LogP) is 2.27. The molecule has 0 aromatic heterocycles. The van der Waals surface area contributed by atoms with E-state index >= 15 is 0 Å². The Balaban J connectivity index is 0.00000208. The minimum Gasteiger partial charge on any atom is -0.454 e. The molecule has 7 heteroatoms. The monoisotopic (exact) mass is 447 g/mol. The zero-order valence-electron chi connectivity index (χ0n) is 14.3. The fourth-order valence-electron chi connectivity index (χ4n) is 2.76. The van der Waals surface area contributed by atoms with Crippen LogP contribution >= 0.6 is 24.0 Å². The van der Waals surface area contributed by atoms with Crippen LogP contribution in [0.25, 0.3) is 0 Å². The first-order chi connectivity index (χ1) is 11.3. The van der Waals surface area contributed by atoms with E-state index in [4.69, 9.17) is 19.2 Å². The zero-order valence-corrected chi connectivity index (χ0v) is 16.6. The first-order valence-corrected chi connectivity index (χ1v) is 8.19. The molecular formula is C17H26IN3O3. The van der Waals surface area contributed by atoms with Gasteiger partial charge in [-0.05, 0) is 37.5 Å². The van der Waals surface area contributed by atoms with Crippen LogP contribution in [0.4, 0.5) is 0 Å². The first kappa shape index (κ1) is 19.1. The maximum absolute atomic E-state index is 5.50. The van der Waals surface area contributed by atoms with Crippen LogP contribution in [-0.2, 0) is 10.2 Å². The fourth-order valence-corrected chi connectivity index (χ4v) is 2.76. The van der Waals surface area contributed by atoms with E-state index in [-0.39, 0.29) is 29.4 Å². The highest BCUT2D eigenvalue weighted by atomic mass is 127. The van der Waals surface area contributed by atoms with Crippen molar-refractivity contribution in [3.05, 3.63) is 23.8 Å². The highest BCUT2D eigenvalue weighted by Gasteiger charge is 2.44. The van der Waals surface area contributed by atoms with Gasteiger partial charge in [0.25, 0.3) is 0 Å². The van der Waals surface area contributed by atoms with Crippen LogP contribution < -0.4 is 20.1 Å². The van der Waals surface area contributed by atoms with Crippen LogP contribution in [0.5, 0.6) is 11.5 Å². The number of methoxy groups -OCH3 is 1. The average Bonchev–Trinajstić information content (AvgIpc) is 3.21. The summed E-state index contributed by atoms with van der Waals surface area (Å²) in [5.74, 6) is 2.53. The van der Waals surface area contributed by atoms with Gasteiger partial charge in [-0.25, -0.2) is 0 Å². The molecule has 134 valence electrons. The normalized spacial score (nSPS) is 17.2. The van der Waals surface area contributed by atoms with Gasteiger partial charge in [0.05, 0.1) is 13.2 Å². The second-order valence-corrected chi connectivity index (χ2v) is 5.96. The van der Waals surface area contributed by atoms with Gasteiger partial charge in [-0.2, -0.15) is 0 Å². The van der Waals surface area contributed by atoms with E-state index in [0.29, 0.717) is 13.4 Å². The van der Waals surface area contributed by atoms with Crippen LogP contribution in [0.1, 0.15) is 25.3 Å². The van der Waals surface area contributed by atoms with Gasteiger partial charge in [-0.1, -0.05) is 6.07 Å². The minimum absolute atomic E-state index is 0. The van der Waals surface area contributed by atoms with E-state index in [1.165, 1.54) is 5.56 Å². The van der Waals surface area contributed by atoms with Crippen LogP contribution in [-0.4, -0.2) is 46.1 Å². The molecule has 3 rings (SSSR count). The third kappa shape index (κ3) is 4.44. The number of hydrogen-bond acceptors (Lipinski definition) is 4. The lowest BCUT2D eigenvalue weighted by molar-refractivity contribution is 0.174. The summed E-state index contributed by atoms with van der Waals surface area (Å²) < 4.78 is 16.0. The molecule has 0 amide bonds. The van der Waals surface area contributed by atoms with Gasteiger partial charge >= 0.3 is 0 Å². The number of fused-ring (bicyclic) bond motifs is 1. The molecule has 2 N–H and O–H groups in total. The highest BCUT2D eigenvalue weighted by Crippen LogP contribution is 2.50. The quantitative estimate of drug-likeness (QED) is 0.291. The summed E-state index contributed by atoms with van der Waals surface area (Å²) in [6, 6.07) is 6.25. The van der Waals surface area contributed by atoms with E-state index in [9.17, 15) is 0 Å². The largest absolute Gasteiger partial charge is 0.454 e. The van der Waals surface area contributed by atoms with E-state index in [1.807, 2.05) is 6.07 Å². The maximum Gasteiger partial charge on any atom is 0.231 e. The Kier molecular flexibility index (Phi) is 6.97. The highest BCUT2D eigenvalue weighted by molar-refractivity contribution is 14.0. The standard InChI is InChI=1S/C17H25N3O3.HI/c1-3-18-16(19-8-9-21-2)20-11-17(6-7-17)13-4-5-14-15(10-13)23-12-22-14;/h4-5,10H,3,6-9,11-12H2,1-2H3,(H2,18,19,20);1H. The molecule has 1 heterocycles. The SMILES string of the molecule is CCNC(=NCC1(c2ccc3c(c2)OCO3)CC1)NCCOC.I. The molecule has 0 unspecified atom stereocenters. The summed E-state index contributed by atoms with van der Waals surface area (Å²) in [5.41, 5.74) is 1.43. The molecule has 0 spiro atoms. The van der Waals surface area contributed by atoms with Gasteiger partial charge in [-0.15, -0.1) is 24.0 Å². The van der Waals surface area contributed by atoms with E-state index in [0.717, 1.165) is 49.9 Å². The van der Waals surface area contributed by atoms with Crippen molar-refractivity contribution >= 4 is 29.9 Å². The third-order valence-corrected chi connectivity index (χ3v) is 4.32. The van der Waals surface area contributed by atoms with Gasteiger partial charge < -0.3 is 24.8 Å². The lowest BCUT2D eigenvalue weighted by Gasteiger charge is -2.16. The Morgan fingerprint density at radius 1 is 1.25 bits per heavy atom. The van der Waals surface area contributed by atoms with Crippen LogP contribution in [0, 0.1) is 0 Å². The predicted molar refractivity (Wildman–Crippen MR) is 105 cm³/mol. The summed E-state index contributed by atoms with van der Waals surface area (Å²) in [7, 11) is 1.70. The number of aliphatic imine (C=N–C) groups is 1. The van der Waals surface area contributed by atoms with E-state index in [2.05, 4.69) is 29.7 Å². The fraction of sp³-hybridized carbons (Fsp3) is 0.588. The van der Waals surface area contributed by atoms with E-state index in [1.54, 1.807) is 7.11 Å². The summed E-state index contributed by atoms with van der Waals surface area (Å²) >= 11 is 0. The number of hydrogen-bond donors (Lipinski definition) is 2. The Morgan fingerprint density at radius 3 is 2.75 bits per heavy atom. The van der Waals surface area contributed by atoms with Crippen molar-refractivity contribution in [3.63, 3.8) is 0 Å². The molecule has 0 bridgehead atoms. The molecular weight excluding hydrogens is 421 g/mol. The molecule has 24 heavy (non-hydrogen) atoms. The molecule has 6 nitrogen and oxygen atoms in total. The number of rotatable bonds is 7. The van der Waals surface area contributed by atoms with Crippen molar-refractivity contribution < 1.29 is 14.2 Å². The van der Waals surface area contributed by atoms with Crippen LogP contribution in [0.15, 0.2) is 23.2 Å². The molecule has 1 aromatic rings. The minimum atomic E-state index is 0. The second-order valence-electron chi connectivity index (χ2n) is 5.96. The molecule has 1 saturated carbocycles. The molecule has 1 fully saturated rings. The molecule has 2 aliphatic rings. The maximum atomic E-state index is 5.50. The lowest BCUT2D eigenvalue weighted by atomic mass is 9.96. The summed E-state index contributed by atoms with van der Waals surface area (Å²) in [6.45, 7) is 5.41. The van der Waals surface area contributed by atoms with E-state index < -0.39 is 0 Å². The summed E-state index contributed by atoms with van der Waals surface area (Å²) in [4.78, 5) is 4.76. The Morgan fingerprint density at radius 2 is 2.04 bits per heavy atom. The first-order valence-electron chi connectivity index (χ1n) is 8.19. The Hall–Kier alpha value is -1.22. The number of ether oxygens (including phenoxy) is 3. The van der Waals surface area contributed by atoms with Crippen LogP contribution in [0.3, 0.4) is 0 Å².